The van der Waals surface area contributed by atoms with Crippen LogP contribution in [0.25, 0.3) is 11.0 Å². The smallest absolute Gasteiger partial charge is 0.303 e. The Morgan fingerprint density at radius 1 is 1.30 bits per heavy atom. The van der Waals surface area contributed by atoms with E-state index in [1.54, 1.807) is 24.6 Å². The Kier molecular flexibility index (Phi) is 5.32. The minimum Gasteiger partial charge on any atom is -0.481 e. The topological polar surface area (TPSA) is 105 Å². The van der Waals surface area contributed by atoms with E-state index in [2.05, 4.69) is 10.3 Å². The van der Waals surface area contributed by atoms with E-state index in [-0.39, 0.29) is 11.3 Å². The van der Waals surface area contributed by atoms with Gasteiger partial charge in [-0.1, -0.05) is 19.1 Å². The standard InChI is InChI=1S/C14H20N4O4S/c1-3-17(4-2)23(21,22)11-7-8-13-12(10-11)15-16-18(13)9-5-6-14(19)20/h7-8,10H,3-6,9H2,1-2H3,(H,19,20). The molecule has 9 heteroatoms. The van der Waals surface area contributed by atoms with Crippen LogP contribution in [0.3, 0.4) is 0 Å². The number of benzene rings is 1. The Balaban J connectivity index is 2.29. The van der Waals surface area contributed by atoms with Crippen LogP contribution < -0.4 is 0 Å². The zero-order valence-corrected chi connectivity index (χ0v) is 14.0. The highest BCUT2D eigenvalue weighted by molar-refractivity contribution is 7.89. The molecular weight excluding hydrogens is 320 g/mol. The number of hydrogen-bond acceptors (Lipinski definition) is 5. The molecule has 8 nitrogen and oxygen atoms in total. The van der Waals surface area contributed by atoms with Gasteiger partial charge in [-0.25, -0.2) is 13.1 Å². The summed E-state index contributed by atoms with van der Waals surface area (Å²) in [5, 5.41) is 16.6. The molecule has 1 N–H and O–H groups in total. The number of hydrogen-bond donors (Lipinski definition) is 1. The normalized spacial score (nSPS) is 12.1. The van der Waals surface area contributed by atoms with Crippen LogP contribution in [0, 0.1) is 0 Å². The fourth-order valence-corrected chi connectivity index (χ4v) is 3.85. The van der Waals surface area contributed by atoms with Crippen molar-refractivity contribution in [2.75, 3.05) is 13.1 Å². The highest BCUT2D eigenvalue weighted by Gasteiger charge is 2.22. The maximum Gasteiger partial charge on any atom is 0.303 e. The Morgan fingerprint density at radius 2 is 2.00 bits per heavy atom. The van der Waals surface area contributed by atoms with Crippen LogP contribution in [0.5, 0.6) is 0 Å². The monoisotopic (exact) mass is 340 g/mol. The number of rotatable bonds is 8. The zero-order chi connectivity index (χ0) is 17.0. The van der Waals surface area contributed by atoms with Crippen LogP contribution in [0.4, 0.5) is 0 Å². The Labute approximate surface area is 134 Å². The number of carboxylic acids is 1. The van der Waals surface area contributed by atoms with E-state index in [1.165, 1.54) is 16.4 Å². The van der Waals surface area contributed by atoms with Crippen LogP contribution in [-0.2, 0) is 21.4 Å². The number of sulfonamides is 1. The maximum atomic E-state index is 12.5. The van der Waals surface area contributed by atoms with Gasteiger partial charge in [-0.3, -0.25) is 4.79 Å². The van der Waals surface area contributed by atoms with E-state index in [0.717, 1.165) is 0 Å². The molecule has 0 fully saturated rings. The molecule has 0 unspecified atom stereocenters. The molecule has 0 aliphatic rings. The van der Waals surface area contributed by atoms with Gasteiger partial charge in [-0.15, -0.1) is 5.10 Å². The molecule has 126 valence electrons. The highest BCUT2D eigenvalue weighted by Crippen LogP contribution is 2.20. The number of aliphatic carboxylic acids is 1. The van der Waals surface area contributed by atoms with E-state index < -0.39 is 16.0 Å². The fraction of sp³-hybridized carbons (Fsp3) is 0.500. The first-order chi connectivity index (χ1) is 10.9. The zero-order valence-electron chi connectivity index (χ0n) is 13.1. The molecule has 2 rings (SSSR count). The second-order valence-corrected chi connectivity index (χ2v) is 6.99. The van der Waals surface area contributed by atoms with Crippen LogP contribution in [0.1, 0.15) is 26.7 Å². The van der Waals surface area contributed by atoms with Crippen molar-refractivity contribution in [1.29, 1.82) is 0 Å². The fourth-order valence-electron chi connectivity index (χ4n) is 2.37. The summed E-state index contributed by atoms with van der Waals surface area (Å²) < 4.78 is 28.0. The number of carbonyl (C=O) groups is 1. The van der Waals surface area contributed by atoms with Crippen LogP contribution >= 0.6 is 0 Å². The molecular formula is C14H20N4O4S. The second kappa shape index (κ2) is 7.05. The average molecular weight is 340 g/mol. The average Bonchev–Trinajstić information content (AvgIpc) is 2.90. The summed E-state index contributed by atoms with van der Waals surface area (Å²) in [5.74, 6) is -0.859. The number of nitrogens with zero attached hydrogens (tertiary/aromatic N) is 4. The lowest BCUT2D eigenvalue weighted by Crippen LogP contribution is -2.30. The van der Waals surface area contributed by atoms with E-state index >= 15 is 0 Å². The molecule has 0 amide bonds. The summed E-state index contributed by atoms with van der Waals surface area (Å²) in [6.45, 7) is 4.80. The van der Waals surface area contributed by atoms with Gasteiger partial charge in [0.05, 0.1) is 10.4 Å². The Bertz CT molecular complexity index is 796. The molecule has 0 aliphatic carbocycles. The molecule has 0 spiro atoms. The molecule has 0 saturated heterocycles. The lowest BCUT2D eigenvalue weighted by Gasteiger charge is -2.18. The Hall–Kier alpha value is -2.00. The van der Waals surface area contributed by atoms with Crippen molar-refractivity contribution >= 4 is 27.0 Å². The van der Waals surface area contributed by atoms with Gasteiger partial charge in [-0.2, -0.15) is 4.31 Å². The van der Waals surface area contributed by atoms with E-state index in [1.807, 2.05) is 0 Å². The summed E-state index contributed by atoms with van der Waals surface area (Å²) in [4.78, 5) is 10.7. The highest BCUT2D eigenvalue weighted by atomic mass is 32.2. The van der Waals surface area contributed by atoms with Crippen molar-refractivity contribution in [3.8, 4) is 0 Å². The molecule has 0 atom stereocenters. The van der Waals surface area contributed by atoms with Gasteiger partial charge in [0.1, 0.15) is 5.52 Å². The van der Waals surface area contributed by atoms with Crippen molar-refractivity contribution in [2.24, 2.45) is 0 Å². The van der Waals surface area contributed by atoms with E-state index in [0.29, 0.717) is 37.1 Å². The minimum absolute atomic E-state index is 0.0514. The first-order valence-corrected chi connectivity index (χ1v) is 8.89. The van der Waals surface area contributed by atoms with Crippen molar-refractivity contribution in [1.82, 2.24) is 19.3 Å². The van der Waals surface area contributed by atoms with Gasteiger partial charge in [0.2, 0.25) is 10.0 Å². The van der Waals surface area contributed by atoms with Crippen molar-refractivity contribution in [3.63, 3.8) is 0 Å². The molecule has 0 saturated carbocycles. The van der Waals surface area contributed by atoms with Gasteiger partial charge in [0.15, 0.2) is 0 Å². The van der Waals surface area contributed by atoms with Gasteiger partial charge in [-0.05, 0) is 24.6 Å². The molecule has 1 heterocycles. The third kappa shape index (κ3) is 3.67. The number of fused-ring (bicyclic) bond motifs is 1. The van der Waals surface area contributed by atoms with Crippen LogP contribution in [0.2, 0.25) is 0 Å². The molecule has 23 heavy (non-hydrogen) atoms. The minimum atomic E-state index is -3.53. The molecule has 0 bridgehead atoms. The Morgan fingerprint density at radius 3 is 2.61 bits per heavy atom. The third-order valence-corrected chi connectivity index (χ3v) is 5.64. The summed E-state index contributed by atoms with van der Waals surface area (Å²) in [6.07, 6.45) is 0.489. The van der Waals surface area contributed by atoms with Crippen molar-refractivity contribution in [2.45, 2.75) is 38.1 Å². The lowest BCUT2D eigenvalue weighted by molar-refractivity contribution is -0.137. The maximum absolute atomic E-state index is 12.5. The largest absolute Gasteiger partial charge is 0.481 e. The van der Waals surface area contributed by atoms with E-state index in [9.17, 15) is 13.2 Å². The van der Waals surface area contributed by atoms with Crippen molar-refractivity contribution in [3.05, 3.63) is 18.2 Å². The van der Waals surface area contributed by atoms with E-state index in [4.69, 9.17) is 5.11 Å². The summed E-state index contributed by atoms with van der Waals surface area (Å²) in [5.41, 5.74) is 1.17. The molecule has 0 aliphatic heterocycles. The SMILES string of the molecule is CCN(CC)S(=O)(=O)c1ccc2c(c1)nnn2CCCC(=O)O. The first-order valence-electron chi connectivity index (χ1n) is 7.45. The third-order valence-electron chi connectivity index (χ3n) is 3.59. The van der Waals surface area contributed by atoms with Gasteiger partial charge in [0, 0.05) is 26.1 Å². The van der Waals surface area contributed by atoms with Gasteiger partial charge in [0.25, 0.3) is 0 Å². The second-order valence-electron chi connectivity index (χ2n) is 5.05. The lowest BCUT2D eigenvalue weighted by atomic mass is 10.3. The number of aryl methyl sites for hydroxylation is 1. The van der Waals surface area contributed by atoms with Crippen LogP contribution in [-0.4, -0.2) is 51.9 Å². The predicted molar refractivity (Wildman–Crippen MR) is 84.5 cm³/mol. The first kappa shape index (κ1) is 17.4. The van der Waals surface area contributed by atoms with Gasteiger partial charge < -0.3 is 5.11 Å². The molecule has 0 radical (unpaired) electrons. The molecule has 1 aromatic carbocycles. The summed E-state index contributed by atoms with van der Waals surface area (Å²) >= 11 is 0. The van der Waals surface area contributed by atoms with Crippen molar-refractivity contribution < 1.29 is 18.3 Å². The van der Waals surface area contributed by atoms with Gasteiger partial charge >= 0.3 is 5.97 Å². The predicted octanol–water partition coefficient (Wildman–Crippen LogP) is 1.33. The molecule has 1 aromatic heterocycles. The summed E-state index contributed by atoms with van der Waals surface area (Å²) in [6, 6.07) is 4.70. The number of carboxylic acid groups (broad SMARTS) is 1. The number of aromatic nitrogens is 3. The molecule has 2 aromatic rings. The quantitative estimate of drug-likeness (QED) is 0.777. The van der Waals surface area contributed by atoms with Crippen LogP contribution in [0.15, 0.2) is 23.1 Å². The summed E-state index contributed by atoms with van der Waals surface area (Å²) in [7, 11) is -3.53.